The molecular weight excluding hydrogens is 290 g/mol. The Morgan fingerprint density at radius 2 is 2.05 bits per heavy atom. The first-order chi connectivity index (χ1) is 10.1. The monoisotopic (exact) mass is 301 g/mol. The Balaban J connectivity index is 2.32. The molecule has 0 spiro atoms. The summed E-state index contributed by atoms with van der Waals surface area (Å²) in [6, 6.07) is 9.26. The smallest absolute Gasteiger partial charge is 0.297 e. The summed E-state index contributed by atoms with van der Waals surface area (Å²) in [7, 11) is 0. The van der Waals surface area contributed by atoms with Crippen molar-refractivity contribution in [3.8, 4) is 5.69 Å². The molecule has 0 amide bonds. The summed E-state index contributed by atoms with van der Waals surface area (Å²) in [4.78, 5) is 31.2. The fourth-order valence-corrected chi connectivity index (χ4v) is 2.56. The molecule has 0 bridgehead atoms. The number of pyridine rings is 1. The number of hydrogen-bond acceptors (Lipinski definition) is 3. The molecule has 2 aromatic heterocycles. The molecule has 0 fully saturated rings. The van der Waals surface area contributed by atoms with E-state index in [0.717, 1.165) is 15.5 Å². The van der Waals surface area contributed by atoms with Gasteiger partial charge in [0.15, 0.2) is 0 Å². The molecular formula is C15H12ClN3O2. The Labute approximate surface area is 124 Å². The van der Waals surface area contributed by atoms with Crippen molar-refractivity contribution in [1.29, 1.82) is 0 Å². The van der Waals surface area contributed by atoms with Crippen LogP contribution in [0.5, 0.6) is 0 Å². The van der Waals surface area contributed by atoms with Crippen LogP contribution in [0.25, 0.3) is 16.6 Å². The number of aromatic nitrogens is 3. The number of fused-ring (bicyclic) bond motifs is 1. The van der Waals surface area contributed by atoms with Crippen LogP contribution in [-0.2, 0) is 6.42 Å². The van der Waals surface area contributed by atoms with E-state index in [1.54, 1.807) is 6.07 Å². The standard InChI is InChI=1S/C15H12ClN3O2/c1-2-11-13(16)18-15(21)19(14(11)20)10-7-9-5-3-4-6-12(9)17-8-10/h3-8H,2H2,1H3,(H,18,21). The number of halogens is 1. The number of H-pyrrole nitrogens is 1. The largest absolute Gasteiger partial charge is 0.334 e. The van der Waals surface area contributed by atoms with Crippen molar-refractivity contribution in [2.75, 3.05) is 0 Å². The van der Waals surface area contributed by atoms with E-state index >= 15 is 0 Å². The average molecular weight is 302 g/mol. The van der Waals surface area contributed by atoms with Crippen molar-refractivity contribution >= 4 is 22.5 Å². The Hall–Kier alpha value is -2.40. The normalized spacial score (nSPS) is 11.0. The van der Waals surface area contributed by atoms with Gasteiger partial charge in [-0.05, 0) is 18.6 Å². The van der Waals surface area contributed by atoms with Gasteiger partial charge in [0.25, 0.3) is 5.56 Å². The van der Waals surface area contributed by atoms with Gasteiger partial charge >= 0.3 is 5.69 Å². The Kier molecular flexibility index (Phi) is 3.35. The lowest BCUT2D eigenvalue weighted by Gasteiger charge is -2.08. The van der Waals surface area contributed by atoms with Crippen LogP contribution >= 0.6 is 11.6 Å². The lowest BCUT2D eigenvalue weighted by atomic mass is 10.2. The second kappa shape index (κ2) is 5.18. The summed E-state index contributed by atoms with van der Waals surface area (Å²) in [6.45, 7) is 1.81. The van der Waals surface area contributed by atoms with E-state index in [2.05, 4.69) is 9.97 Å². The zero-order valence-electron chi connectivity index (χ0n) is 11.3. The minimum Gasteiger partial charge on any atom is -0.297 e. The maximum Gasteiger partial charge on any atom is 0.334 e. The number of nitrogens with one attached hydrogen (secondary N) is 1. The van der Waals surface area contributed by atoms with Gasteiger partial charge in [-0.25, -0.2) is 9.36 Å². The molecule has 3 rings (SSSR count). The Morgan fingerprint density at radius 3 is 2.81 bits per heavy atom. The van der Waals surface area contributed by atoms with Crippen molar-refractivity contribution in [3.63, 3.8) is 0 Å². The number of hydrogen-bond donors (Lipinski definition) is 1. The molecule has 1 aromatic carbocycles. The van der Waals surface area contributed by atoms with Crippen molar-refractivity contribution in [3.05, 3.63) is 68.1 Å². The van der Waals surface area contributed by atoms with E-state index in [-0.39, 0.29) is 5.15 Å². The highest BCUT2D eigenvalue weighted by atomic mass is 35.5. The van der Waals surface area contributed by atoms with Crippen molar-refractivity contribution < 1.29 is 0 Å². The van der Waals surface area contributed by atoms with Crippen LogP contribution in [0.1, 0.15) is 12.5 Å². The minimum absolute atomic E-state index is 0.0949. The number of nitrogens with zero attached hydrogens (tertiary/aromatic N) is 2. The average Bonchev–Trinajstić information content (AvgIpc) is 2.47. The van der Waals surface area contributed by atoms with E-state index in [1.165, 1.54) is 6.20 Å². The number of para-hydroxylation sites is 1. The fraction of sp³-hybridized carbons (Fsp3) is 0.133. The highest BCUT2D eigenvalue weighted by Crippen LogP contribution is 2.14. The quantitative estimate of drug-likeness (QED) is 0.738. The third kappa shape index (κ3) is 2.25. The summed E-state index contributed by atoms with van der Waals surface area (Å²) in [6.07, 6.45) is 1.95. The SMILES string of the molecule is CCc1c(Cl)[nH]c(=O)n(-c2cnc3ccccc3c2)c1=O. The van der Waals surface area contributed by atoms with Crippen LogP contribution in [0.4, 0.5) is 0 Å². The van der Waals surface area contributed by atoms with Crippen LogP contribution in [0.15, 0.2) is 46.1 Å². The van der Waals surface area contributed by atoms with E-state index in [1.807, 2.05) is 31.2 Å². The number of rotatable bonds is 2. The molecule has 106 valence electrons. The first kappa shape index (κ1) is 13.6. The zero-order chi connectivity index (χ0) is 15.0. The molecule has 21 heavy (non-hydrogen) atoms. The van der Waals surface area contributed by atoms with E-state index in [0.29, 0.717) is 17.7 Å². The molecule has 1 N–H and O–H groups in total. The molecule has 0 unspecified atom stereocenters. The van der Waals surface area contributed by atoms with Gasteiger partial charge in [0, 0.05) is 5.39 Å². The summed E-state index contributed by atoms with van der Waals surface area (Å²) in [5, 5.41) is 0.951. The van der Waals surface area contributed by atoms with Crippen LogP contribution < -0.4 is 11.2 Å². The molecule has 0 radical (unpaired) electrons. The van der Waals surface area contributed by atoms with Gasteiger partial charge in [0.2, 0.25) is 0 Å². The number of aromatic amines is 1. The second-order valence-electron chi connectivity index (χ2n) is 4.60. The Morgan fingerprint density at radius 1 is 1.29 bits per heavy atom. The summed E-state index contributed by atoms with van der Waals surface area (Å²) >= 11 is 5.90. The summed E-state index contributed by atoms with van der Waals surface area (Å²) < 4.78 is 1.06. The lowest BCUT2D eigenvalue weighted by molar-refractivity contribution is 0.840. The maximum atomic E-state index is 12.4. The second-order valence-corrected chi connectivity index (χ2v) is 4.98. The topological polar surface area (TPSA) is 67.8 Å². The van der Waals surface area contributed by atoms with Crippen LogP contribution in [0.2, 0.25) is 5.15 Å². The molecule has 5 nitrogen and oxygen atoms in total. The third-order valence-corrected chi connectivity index (χ3v) is 3.66. The van der Waals surface area contributed by atoms with Crippen molar-refractivity contribution in [1.82, 2.24) is 14.5 Å². The molecule has 0 aliphatic carbocycles. The highest BCUT2D eigenvalue weighted by molar-refractivity contribution is 6.30. The Bertz CT molecular complexity index is 944. The van der Waals surface area contributed by atoms with Crippen LogP contribution in [-0.4, -0.2) is 14.5 Å². The molecule has 0 aliphatic heterocycles. The maximum absolute atomic E-state index is 12.4. The lowest BCUT2D eigenvalue weighted by Crippen LogP contribution is -2.36. The fourth-order valence-electron chi connectivity index (χ4n) is 2.27. The van der Waals surface area contributed by atoms with Crippen molar-refractivity contribution in [2.24, 2.45) is 0 Å². The zero-order valence-corrected chi connectivity index (χ0v) is 12.0. The van der Waals surface area contributed by atoms with Gasteiger partial charge in [-0.3, -0.25) is 14.8 Å². The van der Waals surface area contributed by atoms with Crippen LogP contribution in [0.3, 0.4) is 0 Å². The number of benzene rings is 1. The van der Waals surface area contributed by atoms with Gasteiger partial charge in [-0.2, -0.15) is 0 Å². The minimum atomic E-state index is -0.570. The predicted molar refractivity (Wildman–Crippen MR) is 82.3 cm³/mol. The van der Waals surface area contributed by atoms with E-state index in [9.17, 15) is 9.59 Å². The summed E-state index contributed by atoms with van der Waals surface area (Å²) in [5.41, 5.74) is 0.619. The highest BCUT2D eigenvalue weighted by Gasteiger charge is 2.13. The van der Waals surface area contributed by atoms with Gasteiger partial charge in [0.1, 0.15) is 5.15 Å². The summed E-state index contributed by atoms with van der Waals surface area (Å²) in [5.74, 6) is 0. The molecule has 2 heterocycles. The molecule has 0 aliphatic rings. The first-order valence-electron chi connectivity index (χ1n) is 6.50. The van der Waals surface area contributed by atoms with Crippen molar-refractivity contribution in [2.45, 2.75) is 13.3 Å². The molecule has 6 heteroatoms. The van der Waals surface area contributed by atoms with E-state index < -0.39 is 11.2 Å². The molecule has 0 saturated heterocycles. The van der Waals surface area contributed by atoms with Gasteiger partial charge < -0.3 is 0 Å². The van der Waals surface area contributed by atoms with E-state index in [4.69, 9.17) is 11.6 Å². The van der Waals surface area contributed by atoms with Gasteiger partial charge in [0.05, 0.1) is 23.0 Å². The van der Waals surface area contributed by atoms with Gasteiger partial charge in [-0.1, -0.05) is 36.7 Å². The predicted octanol–water partition coefficient (Wildman–Crippen LogP) is 2.29. The molecule has 0 atom stereocenters. The first-order valence-corrected chi connectivity index (χ1v) is 6.88. The van der Waals surface area contributed by atoms with Gasteiger partial charge in [-0.15, -0.1) is 0 Å². The molecule has 3 aromatic rings. The van der Waals surface area contributed by atoms with Crippen LogP contribution in [0, 0.1) is 0 Å². The third-order valence-electron chi connectivity index (χ3n) is 3.33. The molecule has 0 saturated carbocycles.